The van der Waals surface area contributed by atoms with Crippen molar-refractivity contribution in [2.75, 3.05) is 18.0 Å². The van der Waals surface area contributed by atoms with E-state index in [1.54, 1.807) is 15.8 Å². The molecule has 1 aromatic heterocycles. The van der Waals surface area contributed by atoms with E-state index < -0.39 is 0 Å². The predicted molar refractivity (Wildman–Crippen MR) is 75.5 cm³/mol. The second-order valence-electron chi connectivity index (χ2n) is 4.84. The van der Waals surface area contributed by atoms with Crippen LogP contribution in [-0.2, 0) is 13.0 Å². The van der Waals surface area contributed by atoms with Crippen molar-refractivity contribution in [2.45, 2.75) is 19.4 Å². The van der Waals surface area contributed by atoms with E-state index in [1.807, 2.05) is 18.2 Å². The molecule has 3 rings (SSSR count). The van der Waals surface area contributed by atoms with Gasteiger partial charge in [-0.3, -0.25) is 9.48 Å². The van der Waals surface area contributed by atoms with Crippen molar-refractivity contribution in [1.82, 2.24) is 15.0 Å². The smallest absolute Gasteiger partial charge is 0.280 e. The Bertz CT molecular complexity index is 622. The van der Waals surface area contributed by atoms with Gasteiger partial charge >= 0.3 is 0 Å². The van der Waals surface area contributed by atoms with Crippen LogP contribution < -0.4 is 10.6 Å². The van der Waals surface area contributed by atoms with Gasteiger partial charge in [-0.2, -0.15) is 0 Å². The molecular weight excluding hydrogens is 254 g/mol. The highest BCUT2D eigenvalue weighted by molar-refractivity contribution is 6.05. The largest absolute Gasteiger partial charge is 0.330 e. The molecule has 0 bridgehead atoms. The van der Waals surface area contributed by atoms with Crippen molar-refractivity contribution in [1.29, 1.82) is 0 Å². The summed E-state index contributed by atoms with van der Waals surface area (Å²) in [5, 5.41) is 7.93. The van der Waals surface area contributed by atoms with Gasteiger partial charge in [-0.1, -0.05) is 23.4 Å². The van der Waals surface area contributed by atoms with Crippen LogP contribution in [0.15, 0.2) is 30.5 Å². The fourth-order valence-electron chi connectivity index (χ4n) is 2.45. The Kier molecular flexibility index (Phi) is 3.47. The molecule has 1 amide bonds. The van der Waals surface area contributed by atoms with E-state index in [-0.39, 0.29) is 5.91 Å². The Hall–Kier alpha value is -2.21. The van der Waals surface area contributed by atoms with E-state index in [9.17, 15) is 4.79 Å². The molecule has 0 saturated heterocycles. The number of aryl methyl sites for hydroxylation is 1. The highest BCUT2D eigenvalue weighted by Gasteiger charge is 2.26. The zero-order valence-electron chi connectivity index (χ0n) is 11.2. The van der Waals surface area contributed by atoms with Crippen LogP contribution in [0.2, 0.25) is 0 Å². The molecule has 20 heavy (non-hydrogen) atoms. The summed E-state index contributed by atoms with van der Waals surface area (Å²) in [7, 11) is 0. The van der Waals surface area contributed by atoms with Gasteiger partial charge in [0.05, 0.1) is 6.20 Å². The second kappa shape index (κ2) is 5.42. The van der Waals surface area contributed by atoms with Crippen molar-refractivity contribution in [3.05, 3.63) is 41.7 Å². The van der Waals surface area contributed by atoms with Gasteiger partial charge in [-0.25, -0.2) is 0 Å². The summed E-state index contributed by atoms with van der Waals surface area (Å²) in [6.45, 7) is 1.99. The molecule has 1 aliphatic rings. The summed E-state index contributed by atoms with van der Waals surface area (Å²) in [5.41, 5.74) is 8.03. The highest BCUT2D eigenvalue weighted by Crippen LogP contribution is 2.28. The maximum Gasteiger partial charge on any atom is 0.280 e. The summed E-state index contributed by atoms with van der Waals surface area (Å²) in [6.07, 6.45) is 3.41. The Morgan fingerprint density at radius 1 is 1.35 bits per heavy atom. The van der Waals surface area contributed by atoms with Gasteiger partial charge in [0.15, 0.2) is 5.69 Å². The third-order valence-corrected chi connectivity index (χ3v) is 3.48. The lowest BCUT2D eigenvalue weighted by molar-refractivity contribution is 0.0984. The van der Waals surface area contributed by atoms with Crippen LogP contribution in [0.4, 0.5) is 5.69 Å². The molecule has 0 spiro atoms. The molecule has 6 nitrogen and oxygen atoms in total. The molecule has 0 fully saturated rings. The summed E-state index contributed by atoms with van der Waals surface area (Å²) in [6, 6.07) is 7.97. The minimum Gasteiger partial charge on any atom is -0.330 e. The first-order valence-electron chi connectivity index (χ1n) is 6.79. The Morgan fingerprint density at radius 2 is 2.20 bits per heavy atom. The third kappa shape index (κ3) is 2.30. The number of hydrogen-bond acceptors (Lipinski definition) is 4. The van der Waals surface area contributed by atoms with Crippen molar-refractivity contribution in [2.24, 2.45) is 5.73 Å². The van der Waals surface area contributed by atoms with Crippen LogP contribution >= 0.6 is 0 Å². The van der Waals surface area contributed by atoms with Gasteiger partial charge in [0.2, 0.25) is 0 Å². The van der Waals surface area contributed by atoms with Crippen molar-refractivity contribution in [3.63, 3.8) is 0 Å². The van der Waals surface area contributed by atoms with Crippen LogP contribution in [0.1, 0.15) is 22.5 Å². The van der Waals surface area contributed by atoms with Gasteiger partial charge in [-0.15, -0.1) is 5.10 Å². The summed E-state index contributed by atoms with van der Waals surface area (Å²) >= 11 is 0. The maximum atomic E-state index is 12.5. The SMILES string of the molecule is NCCCn1cc(C(=O)N2CCc3ccccc32)nn1. The Balaban J connectivity index is 1.78. The van der Waals surface area contributed by atoms with Crippen LogP contribution in [0.3, 0.4) is 0 Å². The molecule has 0 radical (unpaired) electrons. The number of hydrogen-bond donors (Lipinski definition) is 1. The topological polar surface area (TPSA) is 77.0 Å². The lowest BCUT2D eigenvalue weighted by Gasteiger charge is -2.15. The van der Waals surface area contributed by atoms with Gasteiger partial charge in [0, 0.05) is 18.8 Å². The van der Waals surface area contributed by atoms with E-state index in [0.29, 0.717) is 25.3 Å². The first-order valence-corrected chi connectivity index (χ1v) is 6.79. The van der Waals surface area contributed by atoms with Crippen molar-refractivity contribution >= 4 is 11.6 Å². The number of benzene rings is 1. The van der Waals surface area contributed by atoms with Crippen LogP contribution in [0.5, 0.6) is 0 Å². The molecule has 1 aliphatic heterocycles. The number of anilines is 1. The monoisotopic (exact) mass is 271 g/mol. The normalized spacial score (nSPS) is 13.6. The number of para-hydroxylation sites is 1. The number of carbonyl (C=O) groups is 1. The molecule has 2 aromatic rings. The number of rotatable bonds is 4. The van der Waals surface area contributed by atoms with Gasteiger partial charge in [0.25, 0.3) is 5.91 Å². The van der Waals surface area contributed by atoms with Crippen LogP contribution in [-0.4, -0.2) is 34.0 Å². The van der Waals surface area contributed by atoms with Gasteiger partial charge in [0.1, 0.15) is 0 Å². The minimum atomic E-state index is -0.0889. The molecule has 104 valence electrons. The lowest BCUT2D eigenvalue weighted by Crippen LogP contribution is -2.29. The van der Waals surface area contributed by atoms with E-state index in [0.717, 1.165) is 18.5 Å². The predicted octanol–water partition coefficient (Wildman–Crippen LogP) is 0.830. The number of fused-ring (bicyclic) bond motifs is 1. The summed E-state index contributed by atoms with van der Waals surface area (Å²) in [4.78, 5) is 14.3. The van der Waals surface area contributed by atoms with Crippen molar-refractivity contribution in [3.8, 4) is 0 Å². The maximum absolute atomic E-state index is 12.5. The van der Waals surface area contributed by atoms with Gasteiger partial charge in [-0.05, 0) is 31.0 Å². The number of nitrogens with zero attached hydrogens (tertiary/aromatic N) is 4. The molecule has 0 aliphatic carbocycles. The first kappa shape index (κ1) is 12.8. The molecule has 6 heteroatoms. The molecule has 0 saturated carbocycles. The van der Waals surface area contributed by atoms with E-state index >= 15 is 0 Å². The third-order valence-electron chi connectivity index (χ3n) is 3.48. The molecule has 0 atom stereocenters. The number of nitrogens with two attached hydrogens (primary N) is 1. The molecule has 2 heterocycles. The average molecular weight is 271 g/mol. The van der Waals surface area contributed by atoms with Crippen LogP contribution in [0.25, 0.3) is 0 Å². The zero-order valence-corrected chi connectivity index (χ0v) is 11.2. The summed E-state index contributed by atoms with van der Waals surface area (Å²) < 4.78 is 1.67. The standard InChI is InChI=1S/C14H17N5O/c15-7-3-8-18-10-12(16-17-18)14(20)19-9-6-11-4-1-2-5-13(11)19/h1-2,4-5,10H,3,6-9,15H2. The average Bonchev–Trinajstić information content (AvgIpc) is 3.11. The molecular formula is C14H17N5O. The fraction of sp³-hybridized carbons (Fsp3) is 0.357. The molecule has 1 aromatic carbocycles. The highest BCUT2D eigenvalue weighted by atomic mass is 16.2. The lowest BCUT2D eigenvalue weighted by atomic mass is 10.2. The molecule has 2 N–H and O–H groups in total. The molecule has 0 unspecified atom stereocenters. The first-order chi connectivity index (χ1) is 9.79. The Labute approximate surface area is 117 Å². The van der Waals surface area contributed by atoms with Gasteiger partial charge < -0.3 is 10.6 Å². The second-order valence-corrected chi connectivity index (χ2v) is 4.84. The quantitative estimate of drug-likeness (QED) is 0.893. The van der Waals surface area contributed by atoms with Crippen molar-refractivity contribution < 1.29 is 4.79 Å². The zero-order chi connectivity index (χ0) is 13.9. The number of aromatic nitrogens is 3. The summed E-state index contributed by atoms with van der Waals surface area (Å²) in [5.74, 6) is -0.0889. The van der Waals surface area contributed by atoms with Crippen LogP contribution in [0, 0.1) is 0 Å². The minimum absolute atomic E-state index is 0.0889. The number of carbonyl (C=O) groups excluding carboxylic acids is 1. The number of amides is 1. The van der Waals surface area contributed by atoms with E-state index in [4.69, 9.17) is 5.73 Å². The Morgan fingerprint density at radius 3 is 3.05 bits per heavy atom. The fourth-order valence-corrected chi connectivity index (χ4v) is 2.45. The van der Waals surface area contributed by atoms with E-state index in [1.165, 1.54) is 5.56 Å². The van der Waals surface area contributed by atoms with E-state index in [2.05, 4.69) is 16.4 Å².